The number of aliphatic hydroxyl groups is 1. The molecule has 0 aromatic heterocycles. The van der Waals surface area contributed by atoms with Crippen LogP contribution in [0.1, 0.15) is 43.0 Å². The van der Waals surface area contributed by atoms with E-state index in [4.69, 9.17) is 4.74 Å². The lowest BCUT2D eigenvalue weighted by Gasteiger charge is -2.35. The van der Waals surface area contributed by atoms with E-state index < -0.39 is 0 Å². The third kappa shape index (κ3) is 4.48. The number of ether oxygens (including phenoxy) is 1. The zero-order valence-corrected chi connectivity index (χ0v) is 14.5. The number of piperazine rings is 1. The minimum atomic E-state index is -0.320. The molecule has 1 aromatic rings. The zero-order chi connectivity index (χ0) is 16.9. The average Bonchev–Trinajstić information content (AvgIpc) is 3.08. The lowest BCUT2D eigenvalue weighted by molar-refractivity contribution is 0.0554. The van der Waals surface area contributed by atoms with Crippen LogP contribution in [-0.2, 0) is 0 Å². The predicted octanol–water partition coefficient (Wildman–Crippen LogP) is 2.15. The van der Waals surface area contributed by atoms with E-state index in [1.807, 2.05) is 29.2 Å². The molecule has 24 heavy (non-hydrogen) atoms. The van der Waals surface area contributed by atoms with Gasteiger partial charge in [-0.2, -0.15) is 0 Å². The molecule has 5 heteroatoms. The number of carbonyl (C=O) groups excluding carboxylic acids is 1. The summed E-state index contributed by atoms with van der Waals surface area (Å²) in [5.74, 6) is 0.944. The Labute approximate surface area is 144 Å². The van der Waals surface area contributed by atoms with Crippen LogP contribution in [0.3, 0.4) is 0 Å². The number of nitrogens with zero attached hydrogens (tertiary/aromatic N) is 2. The standard InChI is InChI=1S/C19H28N2O3/c1-15(22)14-20-10-12-21(13-11-20)19(23)16-6-8-18(9-7-16)24-17-4-2-3-5-17/h6-9,15,17,22H,2-5,10-14H2,1H3. The van der Waals surface area contributed by atoms with Crippen molar-refractivity contribution < 1.29 is 14.6 Å². The highest BCUT2D eigenvalue weighted by Gasteiger charge is 2.23. The first-order valence-corrected chi connectivity index (χ1v) is 9.08. The van der Waals surface area contributed by atoms with Gasteiger partial charge in [-0.3, -0.25) is 9.69 Å². The number of β-amino-alcohol motifs (C(OH)–C–C–N with tert-alkyl or cyclic N) is 1. The fourth-order valence-electron chi connectivity index (χ4n) is 3.56. The first-order valence-electron chi connectivity index (χ1n) is 9.08. The van der Waals surface area contributed by atoms with Crippen LogP contribution in [-0.4, -0.2) is 65.7 Å². The van der Waals surface area contributed by atoms with Crippen molar-refractivity contribution in [2.75, 3.05) is 32.7 Å². The normalized spacial score (nSPS) is 21.0. The van der Waals surface area contributed by atoms with Crippen LogP contribution in [0, 0.1) is 0 Å². The maximum atomic E-state index is 12.6. The number of hydrogen-bond donors (Lipinski definition) is 1. The maximum Gasteiger partial charge on any atom is 0.253 e. The number of hydrogen-bond acceptors (Lipinski definition) is 4. The first kappa shape index (κ1) is 17.2. The van der Waals surface area contributed by atoms with E-state index in [0.717, 1.165) is 37.2 Å². The summed E-state index contributed by atoms with van der Waals surface area (Å²) in [6.45, 7) is 5.54. The molecule has 1 atom stereocenters. The summed E-state index contributed by atoms with van der Waals surface area (Å²) in [5.41, 5.74) is 0.720. The van der Waals surface area contributed by atoms with Crippen molar-refractivity contribution in [1.82, 2.24) is 9.80 Å². The Kier molecular flexibility index (Phi) is 5.74. The molecule has 1 saturated heterocycles. The van der Waals surface area contributed by atoms with Gasteiger partial charge < -0.3 is 14.7 Å². The second-order valence-corrected chi connectivity index (χ2v) is 6.99. The zero-order valence-electron chi connectivity index (χ0n) is 14.5. The van der Waals surface area contributed by atoms with Gasteiger partial charge >= 0.3 is 0 Å². The Hall–Kier alpha value is -1.59. The molecule has 3 rings (SSSR count). The first-order chi connectivity index (χ1) is 11.6. The second-order valence-electron chi connectivity index (χ2n) is 6.99. The summed E-state index contributed by atoms with van der Waals surface area (Å²) in [7, 11) is 0. The summed E-state index contributed by atoms with van der Waals surface area (Å²) in [6, 6.07) is 7.56. The van der Waals surface area contributed by atoms with E-state index in [1.54, 1.807) is 6.92 Å². The Balaban J connectivity index is 1.51. The van der Waals surface area contributed by atoms with Crippen molar-refractivity contribution in [1.29, 1.82) is 0 Å². The number of carbonyl (C=O) groups is 1. The summed E-state index contributed by atoms with van der Waals surface area (Å²) in [6.07, 6.45) is 4.80. The highest BCUT2D eigenvalue weighted by molar-refractivity contribution is 5.94. The number of aliphatic hydroxyl groups excluding tert-OH is 1. The molecular weight excluding hydrogens is 304 g/mol. The average molecular weight is 332 g/mol. The van der Waals surface area contributed by atoms with Gasteiger partial charge in [0.25, 0.3) is 5.91 Å². The topological polar surface area (TPSA) is 53.0 Å². The van der Waals surface area contributed by atoms with Gasteiger partial charge in [0.1, 0.15) is 5.75 Å². The minimum absolute atomic E-state index is 0.0825. The van der Waals surface area contributed by atoms with Gasteiger partial charge in [-0.1, -0.05) is 0 Å². The van der Waals surface area contributed by atoms with Crippen molar-refractivity contribution in [3.63, 3.8) is 0 Å². The molecule has 2 aliphatic rings. The van der Waals surface area contributed by atoms with Gasteiger partial charge in [0, 0.05) is 38.3 Å². The molecule has 0 bridgehead atoms. The Morgan fingerprint density at radius 3 is 2.38 bits per heavy atom. The highest BCUT2D eigenvalue weighted by Crippen LogP contribution is 2.24. The summed E-state index contributed by atoms with van der Waals surface area (Å²) in [4.78, 5) is 16.7. The van der Waals surface area contributed by atoms with Crippen molar-refractivity contribution in [2.45, 2.75) is 44.8 Å². The van der Waals surface area contributed by atoms with E-state index in [1.165, 1.54) is 12.8 Å². The Morgan fingerprint density at radius 2 is 1.79 bits per heavy atom. The molecule has 1 heterocycles. The van der Waals surface area contributed by atoms with Crippen LogP contribution in [0.15, 0.2) is 24.3 Å². The molecule has 1 aromatic carbocycles. The fraction of sp³-hybridized carbons (Fsp3) is 0.632. The van der Waals surface area contributed by atoms with E-state index >= 15 is 0 Å². The van der Waals surface area contributed by atoms with Crippen molar-refractivity contribution in [3.05, 3.63) is 29.8 Å². The number of benzene rings is 1. The molecule has 1 unspecified atom stereocenters. The van der Waals surface area contributed by atoms with Gasteiger partial charge in [0.05, 0.1) is 12.2 Å². The quantitative estimate of drug-likeness (QED) is 0.898. The molecule has 0 radical (unpaired) electrons. The maximum absolute atomic E-state index is 12.6. The Morgan fingerprint density at radius 1 is 1.17 bits per heavy atom. The lowest BCUT2D eigenvalue weighted by Crippen LogP contribution is -2.50. The SMILES string of the molecule is CC(O)CN1CCN(C(=O)c2ccc(OC3CCCC3)cc2)CC1. The molecule has 1 aliphatic heterocycles. The fourth-order valence-corrected chi connectivity index (χ4v) is 3.56. The van der Waals surface area contributed by atoms with Crippen LogP contribution < -0.4 is 4.74 Å². The molecule has 5 nitrogen and oxygen atoms in total. The van der Waals surface area contributed by atoms with E-state index in [0.29, 0.717) is 25.7 Å². The molecule has 1 saturated carbocycles. The van der Waals surface area contributed by atoms with E-state index in [2.05, 4.69) is 4.90 Å². The summed E-state index contributed by atoms with van der Waals surface area (Å²) >= 11 is 0. The van der Waals surface area contributed by atoms with Gasteiger partial charge in [-0.15, -0.1) is 0 Å². The van der Waals surface area contributed by atoms with Gasteiger partial charge in [0.2, 0.25) is 0 Å². The van der Waals surface area contributed by atoms with Crippen molar-refractivity contribution in [3.8, 4) is 5.75 Å². The summed E-state index contributed by atoms with van der Waals surface area (Å²) < 4.78 is 5.95. The highest BCUT2D eigenvalue weighted by atomic mass is 16.5. The van der Waals surface area contributed by atoms with E-state index in [9.17, 15) is 9.90 Å². The third-order valence-corrected chi connectivity index (χ3v) is 4.89. The minimum Gasteiger partial charge on any atom is -0.490 e. The molecule has 0 spiro atoms. The summed E-state index contributed by atoms with van der Waals surface area (Å²) in [5, 5.41) is 9.45. The molecular formula is C19H28N2O3. The van der Waals surface area contributed by atoms with Crippen LogP contribution in [0.4, 0.5) is 0 Å². The molecule has 132 valence electrons. The van der Waals surface area contributed by atoms with Crippen LogP contribution in [0.5, 0.6) is 5.75 Å². The molecule has 1 N–H and O–H groups in total. The van der Waals surface area contributed by atoms with Gasteiger partial charge in [0.15, 0.2) is 0 Å². The van der Waals surface area contributed by atoms with Crippen LogP contribution >= 0.6 is 0 Å². The van der Waals surface area contributed by atoms with Crippen LogP contribution in [0.2, 0.25) is 0 Å². The lowest BCUT2D eigenvalue weighted by atomic mass is 10.1. The Bertz CT molecular complexity index is 530. The van der Waals surface area contributed by atoms with Crippen molar-refractivity contribution >= 4 is 5.91 Å². The van der Waals surface area contributed by atoms with Gasteiger partial charge in [-0.05, 0) is 56.9 Å². The van der Waals surface area contributed by atoms with Crippen LogP contribution in [0.25, 0.3) is 0 Å². The second kappa shape index (κ2) is 7.99. The monoisotopic (exact) mass is 332 g/mol. The molecule has 1 amide bonds. The number of amides is 1. The van der Waals surface area contributed by atoms with Crippen molar-refractivity contribution in [2.24, 2.45) is 0 Å². The molecule has 1 aliphatic carbocycles. The van der Waals surface area contributed by atoms with Gasteiger partial charge in [-0.25, -0.2) is 0 Å². The largest absolute Gasteiger partial charge is 0.490 e. The smallest absolute Gasteiger partial charge is 0.253 e. The van der Waals surface area contributed by atoms with E-state index in [-0.39, 0.29) is 12.0 Å². The third-order valence-electron chi connectivity index (χ3n) is 4.89. The number of rotatable bonds is 5. The predicted molar refractivity (Wildman–Crippen MR) is 93.4 cm³/mol. The molecule has 2 fully saturated rings.